The first-order valence-corrected chi connectivity index (χ1v) is 2.79. The van der Waals surface area contributed by atoms with Gasteiger partial charge in [0.25, 0.3) is 0 Å². The molecule has 0 rings (SSSR count). The number of hydrogen-bond acceptors (Lipinski definition) is 2. The number of rotatable bonds is 1. The third-order valence-corrected chi connectivity index (χ3v) is 0.747. The predicted octanol–water partition coefficient (Wildman–Crippen LogP) is 0.669. The minimum Gasteiger partial charge on any atom is -0.297 e. The van der Waals surface area contributed by atoms with Gasteiger partial charge in [0.1, 0.15) is 0 Å². The average molecular weight is 113 g/mol. The lowest BCUT2D eigenvalue weighted by molar-refractivity contribution is 0.357. The Labute approximate surface area is 34.9 Å². The summed E-state index contributed by atoms with van der Waals surface area (Å²) in [5, 5.41) is 0. The molecule has 0 aromatic heterocycles. The van der Waals surface area contributed by atoms with Crippen molar-refractivity contribution in [1.82, 2.24) is 0 Å². The van der Waals surface area contributed by atoms with E-state index in [0.717, 1.165) is 7.11 Å². The summed E-state index contributed by atoms with van der Waals surface area (Å²) in [6, 6.07) is 0. The van der Waals surface area contributed by atoms with Crippen LogP contribution in [0.15, 0.2) is 0 Å². The summed E-state index contributed by atoms with van der Waals surface area (Å²) in [6.45, 7) is 0. The van der Waals surface area contributed by atoms with Crippen LogP contribution in [0.5, 0.6) is 0 Å². The highest BCUT2D eigenvalue weighted by Crippen LogP contribution is 2.36. The van der Waals surface area contributed by atoms with Crippen molar-refractivity contribution in [2.45, 2.75) is 0 Å². The molecule has 0 bridgehead atoms. The average Bonchev–Trinajstić information content (AvgIpc) is 1.35. The van der Waals surface area contributed by atoms with Crippen molar-refractivity contribution in [2.75, 3.05) is 7.11 Å². The summed E-state index contributed by atoms with van der Waals surface area (Å²) < 4.78 is 24.3. The topological polar surface area (TPSA) is 52.3 Å². The van der Waals surface area contributed by atoms with Gasteiger partial charge in [0.05, 0.1) is 0 Å². The normalized spacial score (nSPS) is 19.8. The van der Waals surface area contributed by atoms with Crippen molar-refractivity contribution in [2.24, 2.45) is 5.50 Å². The van der Waals surface area contributed by atoms with Gasteiger partial charge in [-0.2, -0.15) is 0 Å². The molecule has 0 aromatic carbocycles. The van der Waals surface area contributed by atoms with E-state index in [-0.39, 0.29) is 0 Å². The van der Waals surface area contributed by atoms with Crippen LogP contribution in [-0.4, -0.2) is 7.11 Å². The molecule has 0 aliphatic heterocycles. The zero-order valence-electron chi connectivity index (χ0n) is 3.22. The van der Waals surface area contributed by atoms with E-state index in [1.807, 2.05) is 0 Å². The van der Waals surface area contributed by atoms with Gasteiger partial charge >= 0.3 is 7.83 Å². The largest absolute Gasteiger partial charge is 0.439 e. The van der Waals surface area contributed by atoms with Crippen molar-refractivity contribution in [3.63, 3.8) is 0 Å². The Morgan fingerprint density at radius 2 is 2.17 bits per heavy atom. The van der Waals surface area contributed by atoms with Crippen LogP contribution in [0.2, 0.25) is 0 Å². The van der Waals surface area contributed by atoms with Crippen LogP contribution in [0.25, 0.3) is 0 Å². The second-order valence-corrected chi connectivity index (χ2v) is 2.11. The van der Waals surface area contributed by atoms with Crippen LogP contribution in [0, 0.1) is 0 Å². The molecule has 1 atom stereocenters. The summed E-state index contributed by atoms with van der Waals surface area (Å²) in [4.78, 5) is 0. The number of halogens is 1. The van der Waals surface area contributed by atoms with Gasteiger partial charge in [0.15, 0.2) is 0 Å². The molecule has 0 amide bonds. The van der Waals surface area contributed by atoms with Crippen molar-refractivity contribution >= 4 is 7.83 Å². The lowest BCUT2D eigenvalue weighted by Crippen LogP contribution is -1.87. The van der Waals surface area contributed by atoms with Gasteiger partial charge in [-0.25, -0.2) is 10.1 Å². The Hall–Kier alpha value is 0.0800. The van der Waals surface area contributed by atoms with Gasteiger partial charge in [0, 0.05) is 7.11 Å². The maximum Gasteiger partial charge on any atom is 0.439 e. The minimum atomic E-state index is -4.15. The van der Waals surface area contributed by atoms with E-state index in [0.29, 0.717) is 0 Å². The Morgan fingerprint density at radius 3 is 2.17 bits per heavy atom. The molecule has 5 heteroatoms. The van der Waals surface area contributed by atoms with Crippen LogP contribution >= 0.6 is 7.83 Å². The maximum absolute atomic E-state index is 11.2. The molecule has 1 unspecified atom stereocenters. The van der Waals surface area contributed by atoms with E-state index in [9.17, 15) is 8.76 Å². The van der Waals surface area contributed by atoms with Crippen LogP contribution in [0.4, 0.5) is 4.20 Å². The molecule has 0 saturated carbocycles. The minimum absolute atomic E-state index is 0.945. The fraction of sp³-hybridized carbons (Fsp3) is 1.00. The van der Waals surface area contributed by atoms with E-state index in [2.05, 4.69) is 10.0 Å². The fourth-order valence-corrected chi connectivity index (χ4v) is 0. The Bertz CT molecular complexity index is 77.6. The van der Waals surface area contributed by atoms with Crippen LogP contribution in [0.3, 0.4) is 0 Å². The quantitative estimate of drug-likeness (QED) is 0.508. The van der Waals surface area contributed by atoms with Crippen LogP contribution < -0.4 is 5.50 Å². The van der Waals surface area contributed by atoms with Gasteiger partial charge in [0.2, 0.25) is 0 Å². The van der Waals surface area contributed by atoms with E-state index in [4.69, 9.17) is 0 Å². The summed E-state index contributed by atoms with van der Waals surface area (Å²) in [5.74, 6) is 0. The zero-order chi connectivity index (χ0) is 5.21. The second-order valence-electron chi connectivity index (χ2n) is 0.704. The van der Waals surface area contributed by atoms with Crippen molar-refractivity contribution < 1.29 is 13.3 Å². The SMILES string of the molecule is COP(N)(=O)F. The molecule has 0 heterocycles. The third kappa shape index (κ3) is 4.08. The molecular formula is CH5FNO2P. The molecule has 3 nitrogen and oxygen atoms in total. The van der Waals surface area contributed by atoms with E-state index < -0.39 is 7.83 Å². The zero-order valence-corrected chi connectivity index (χ0v) is 4.11. The lowest BCUT2D eigenvalue weighted by Gasteiger charge is -1.92. The smallest absolute Gasteiger partial charge is 0.297 e. The first-order valence-electron chi connectivity index (χ1n) is 1.20. The van der Waals surface area contributed by atoms with Crippen molar-refractivity contribution in [1.29, 1.82) is 0 Å². The lowest BCUT2D eigenvalue weighted by atomic mass is 11.8. The highest BCUT2D eigenvalue weighted by atomic mass is 31.2. The molecule has 2 N–H and O–H groups in total. The third-order valence-electron chi connectivity index (χ3n) is 0.249. The molecule has 0 aromatic rings. The molecular weight excluding hydrogens is 108 g/mol. The highest BCUT2D eigenvalue weighted by molar-refractivity contribution is 7.50. The van der Waals surface area contributed by atoms with Gasteiger partial charge in [-0.3, -0.25) is 4.52 Å². The fourth-order valence-electron chi connectivity index (χ4n) is 0. The Balaban J connectivity index is 3.48. The molecule has 0 saturated heterocycles. The summed E-state index contributed by atoms with van der Waals surface area (Å²) in [6.07, 6.45) is 0. The highest BCUT2D eigenvalue weighted by Gasteiger charge is 2.08. The number of nitrogens with two attached hydrogens (primary N) is 1. The van der Waals surface area contributed by atoms with Gasteiger partial charge in [-0.1, -0.05) is 0 Å². The first-order chi connectivity index (χ1) is 2.56. The summed E-state index contributed by atoms with van der Waals surface area (Å²) >= 11 is 0. The molecule has 0 aliphatic rings. The van der Waals surface area contributed by atoms with Crippen molar-refractivity contribution in [3.8, 4) is 0 Å². The molecule has 0 aliphatic carbocycles. The van der Waals surface area contributed by atoms with Gasteiger partial charge < -0.3 is 0 Å². The van der Waals surface area contributed by atoms with E-state index in [1.165, 1.54) is 0 Å². The number of hydrogen-bond donors (Lipinski definition) is 1. The van der Waals surface area contributed by atoms with Crippen molar-refractivity contribution in [3.05, 3.63) is 0 Å². The molecule has 38 valence electrons. The Kier molecular flexibility index (Phi) is 1.71. The molecule has 6 heavy (non-hydrogen) atoms. The summed E-state index contributed by atoms with van der Waals surface area (Å²) in [5.41, 5.74) is 4.20. The molecule has 0 radical (unpaired) electrons. The van der Waals surface area contributed by atoms with Crippen LogP contribution in [-0.2, 0) is 9.09 Å². The molecule has 0 fully saturated rings. The maximum atomic E-state index is 11.2. The van der Waals surface area contributed by atoms with E-state index >= 15 is 0 Å². The van der Waals surface area contributed by atoms with Gasteiger partial charge in [-0.15, -0.1) is 4.20 Å². The monoisotopic (exact) mass is 113 g/mol. The van der Waals surface area contributed by atoms with Crippen LogP contribution in [0.1, 0.15) is 0 Å². The standard InChI is InChI=1S/CH5FNO2P/c1-5-6(2,3)4/h1H3,(H2,3,4). The van der Waals surface area contributed by atoms with E-state index in [1.54, 1.807) is 0 Å². The predicted molar refractivity (Wildman–Crippen MR) is 19.9 cm³/mol. The Morgan fingerprint density at radius 1 is 2.00 bits per heavy atom. The van der Waals surface area contributed by atoms with Gasteiger partial charge in [-0.05, 0) is 0 Å². The second kappa shape index (κ2) is 1.69. The first kappa shape index (κ1) is 6.08. The molecule has 0 spiro atoms. The summed E-state index contributed by atoms with van der Waals surface area (Å²) in [7, 11) is -3.20.